The van der Waals surface area contributed by atoms with Gasteiger partial charge in [0.05, 0.1) is 18.2 Å². The first-order valence-electron chi connectivity index (χ1n) is 9.06. The minimum absolute atomic E-state index is 0.0496. The summed E-state index contributed by atoms with van der Waals surface area (Å²) in [5, 5.41) is 3.31. The first kappa shape index (κ1) is 22.4. The molecule has 2 aromatic rings. The Morgan fingerprint density at radius 1 is 1.07 bits per heavy atom. The lowest BCUT2D eigenvalue weighted by atomic mass is 10.1. The molecular weight excluding hydrogens is 398 g/mol. The van der Waals surface area contributed by atoms with Crippen LogP contribution in [0.4, 0.5) is 5.88 Å². The molecule has 156 valence electrons. The molecule has 0 unspecified atom stereocenters. The Kier molecular flexibility index (Phi) is 8.20. The van der Waals surface area contributed by atoms with E-state index in [-0.39, 0.29) is 48.3 Å². The van der Waals surface area contributed by atoms with Crippen LogP contribution in [0.5, 0.6) is 0 Å². The molecule has 0 aliphatic heterocycles. The minimum Gasteiger partial charge on any atom is -0.462 e. The Morgan fingerprint density at radius 3 is 2.34 bits per heavy atom. The number of aromatic nitrogens is 2. The van der Waals surface area contributed by atoms with Gasteiger partial charge in [-0.05, 0) is 33.8 Å². The summed E-state index contributed by atoms with van der Waals surface area (Å²) >= 11 is 1.40. The summed E-state index contributed by atoms with van der Waals surface area (Å²) in [4.78, 5) is 45.1. The van der Waals surface area contributed by atoms with Crippen LogP contribution in [0.3, 0.4) is 0 Å². The van der Waals surface area contributed by atoms with Crippen molar-refractivity contribution in [2.75, 3.05) is 24.3 Å². The van der Waals surface area contributed by atoms with Crippen molar-refractivity contribution >= 4 is 35.5 Å². The SMILES string of the molecule is CCOC(=O)c1c(C)oc(NC(=O)CCSc2cc(C)ncn2)c1C(=O)OCC. The van der Waals surface area contributed by atoms with Crippen LogP contribution in [0, 0.1) is 13.8 Å². The van der Waals surface area contributed by atoms with Crippen molar-refractivity contribution in [2.45, 2.75) is 39.1 Å². The molecule has 0 aliphatic carbocycles. The fourth-order valence-corrected chi connectivity index (χ4v) is 3.30. The number of carbonyl (C=O) groups excluding carboxylic acids is 3. The zero-order valence-electron chi connectivity index (χ0n) is 16.7. The second-order valence-corrected chi connectivity index (χ2v) is 6.94. The van der Waals surface area contributed by atoms with E-state index in [4.69, 9.17) is 13.9 Å². The topological polar surface area (TPSA) is 121 Å². The van der Waals surface area contributed by atoms with E-state index in [9.17, 15) is 14.4 Å². The van der Waals surface area contributed by atoms with Gasteiger partial charge < -0.3 is 13.9 Å². The van der Waals surface area contributed by atoms with Crippen LogP contribution in [0.25, 0.3) is 0 Å². The summed E-state index contributed by atoms with van der Waals surface area (Å²) in [5.74, 6) is -1.37. The number of furan rings is 1. The predicted molar refractivity (Wildman–Crippen MR) is 106 cm³/mol. The van der Waals surface area contributed by atoms with Crippen molar-refractivity contribution in [3.63, 3.8) is 0 Å². The quantitative estimate of drug-likeness (QED) is 0.370. The third-order valence-electron chi connectivity index (χ3n) is 3.65. The van der Waals surface area contributed by atoms with Gasteiger partial charge in [0.15, 0.2) is 0 Å². The molecule has 2 rings (SSSR count). The molecular formula is C19H23N3O6S. The Hall–Kier alpha value is -2.88. The Bertz CT molecular complexity index is 896. The molecule has 0 aliphatic rings. The summed E-state index contributed by atoms with van der Waals surface area (Å²) in [7, 11) is 0. The fraction of sp³-hybridized carbons (Fsp3) is 0.421. The van der Waals surface area contributed by atoms with Gasteiger partial charge in [-0.1, -0.05) is 0 Å². The van der Waals surface area contributed by atoms with Gasteiger partial charge in [-0.3, -0.25) is 10.1 Å². The number of esters is 2. The normalized spacial score (nSPS) is 10.5. The number of aryl methyl sites for hydroxylation is 2. The van der Waals surface area contributed by atoms with Crippen LogP contribution < -0.4 is 5.32 Å². The second kappa shape index (κ2) is 10.6. The van der Waals surface area contributed by atoms with E-state index in [0.29, 0.717) is 5.75 Å². The summed E-state index contributed by atoms with van der Waals surface area (Å²) < 4.78 is 15.5. The number of thioether (sulfide) groups is 1. The molecule has 9 nitrogen and oxygen atoms in total. The third kappa shape index (κ3) is 6.05. The second-order valence-electron chi connectivity index (χ2n) is 5.82. The van der Waals surface area contributed by atoms with Gasteiger partial charge in [0.2, 0.25) is 11.8 Å². The molecule has 0 fully saturated rings. The molecule has 0 radical (unpaired) electrons. The minimum atomic E-state index is -0.770. The number of nitrogens with zero attached hydrogens (tertiary/aromatic N) is 2. The first-order chi connectivity index (χ1) is 13.9. The van der Waals surface area contributed by atoms with E-state index in [1.54, 1.807) is 13.8 Å². The zero-order valence-corrected chi connectivity index (χ0v) is 17.6. The van der Waals surface area contributed by atoms with Gasteiger partial charge in [0, 0.05) is 17.9 Å². The maximum absolute atomic E-state index is 12.4. The molecule has 1 amide bonds. The molecule has 0 saturated heterocycles. The van der Waals surface area contributed by atoms with Crippen LogP contribution in [-0.4, -0.2) is 46.8 Å². The van der Waals surface area contributed by atoms with Gasteiger partial charge in [-0.2, -0.15) is 0 Å². The van der Waals surface area contributed by atoms with Gasteiger partial charge >= 0.3 is 11.9 Å². The van der Waals surface area contributed by atoms with Crippen molar-refractivity contribution in [1.82, 2.24) is 9.97 Å². The highest BCUT2D eigenvalue weighted by Gasteiger charge is 2.31. The highest BCUT2D eigenvalue weighted by Crippen LogP contribution is 2.29. The number of ether oxygens (including phenoxy) is 2. The van der Waals surface area contributed by atoms with E-state index in [1.807, 2.05) is 13.0 Å². The largest absolute Gasteiger partial charge is 0.462 e. The lowest BCUT2D eigenvalue weighted by Gasteiger charge is -2.07. The van der Waals surface area contributed by atoms with Crippen molar-refractivity contribution < 1.29 is 28.3 Å². The lowest BCUT2D eigenvalue weighted by molar-refractivity contribution is -0.115. The van der Waals surface area contributed by atoms with E-state index >= 15 is 0 Å². The van der Waals surface area contributed by atoms with Gasteiger partial charge in [0.1, 0.15) is 23.2 Å². The number of hydrogen-bond donors (Lipinski definition) is 1. The predicted octanol–water partition coefficient (Wildman–Crippen LogP) is 3.16. The Balaban J connectivity index is 2.11. The molecule has 0 bridgehead atoms. The molecule has 0 aromatic carbocycles. The van der Waals surface area contributed by atoms with Gasteiger partial charge in [-0.15, -0.1) is 11.8 Å². The molecule has 0 spiro atoms. The van der Waals surface area contributed by atoms with Crippen LogP contribution >= 0.6 is 11.8 Å². The first-order valence-corrected chi connectivity index (χ1v) is 10.0. The van der Waals surface area contributed by atoms with E-state index in [0.717, 1.165) is 10.7 Å². The monoisotopic (exact) mass is 421 g/mol. The van der Waals surface area contributed by atoms with Gasteiger partial charge in [0.25, 0.3) is 0 Å². The Labute approximate surface area is 172 Å². The number of hydrogen-bond acceptors (Lipinski definition) is 9. The number of anilines is 1. The zero-order chi connectivity index (χ0) is 21.4. The van der Waals surface area contributed by atoms with Crippen molar-refractivity contribution in [3.8, 4) is 0 Å². The average molecular weight is 421 g/mol. The molecule has 0 saturated carbocycles. The number of amides is 1. The smallest absolute Gasteiger partial charge is 0.344 e. The van der Waals surface area contributed by atoms with Crippen molar-refractivity contribution in [2.24, 2.45) is 0 Å². The molecule has 29 heavy (non-hydrogen) atoms. The average Bonchev–Trinajstić information content (AvgIpc) is 2.98. The van der Waals surface area contributed by atoms with Crippen LogP contribution in [0.15, 0.2) is 21.8 Å². The van der Waals surface area contributed by atoms with E-state index in [2.05, 4.69) is 15.3 Å². The third-order valence-corrected chi connectivity index (χ3v) is 4.58. The number of rotatable bonds is 9. The summed E-state index contributed by atoms with van der Waals surface area (Å²) in [6.07, 6.45) is 1.61. The fourth-order valence-electron chi connectivity index (χ4n) is 2.43. The summed E-state index contributed by atoms with van der Waals surface area (Å²) in [5.41, 5.74) is 0.644. The van der Waals surface area contributed by atoms with Crippen molar-refractivity contribution in [3.05, 3.63) is 35.0 Å². The molecule has 0 atom stereocenters. The van der Waals surface area contributed by atoms with Crippen LogP contribution in [0.2, 0.25) is 0 Å². The van der Waals surface area contributed by atoms with Crippen molar-refractivity contribution in [1.29, 1.82) is 0 Å². The summed E-state index contributed by atoms with van der Waals surface area (Å²) in [6, 6.07) is 1.82. The maximum Gasteiger partial charge on any atom is 0.344 e. The maximum atomic E-state index is 12.4. The lowest BCUT2D eigenvalue weighted by Crippen LogP contribution is -2.17. The molecule has 1 N–H and O–H groups in total. The highest BCUT2D eigenvalue weighted by molar-refractivity contribution is 7.99. The van der Waals surface area contributed by atoms with E-state index in [1.165, 1.54) is 25.0 Å². The van der Waals surface area contributed by atoms with Gasteiger partial charge in [-0.25, -0.2) is 19.6 Å². The highest BCUT2D eigenvalue weighted by atomic mass is 32.2. The molecule has 10 heteroatoms. The number of carbonyl (C=O) groups is 3. The molecule has 2 aromatic heterocycles. The Morgan fingerprint density at radius 2 is 1.72 bits per heavy atom. The molecule has 2 heterocycles. The van der Waals surface area contributed by atoms with E-state index < -0.39 is 11.9 Å². The van der Waals surface area contributed by atoms with Crippen LogP contribution in [0.1, 0.15) is 52.4 Å². The summed E-state index contributed by atoms with van der Waals surface area (Å²) in [6.45, 7) is 6.89. The number of nitrogens with one attached hydrogen (secondary N) is 1. The van der Waals surface area contributed by atoms with Crippen LogP contribution in [-0.2, 0) is 14.3 Å². The standard InChI is InChI=1S/C19H23N3O6S/c1-5-26-18(24)15-12(4)28-17(16(15)19(25)27-6-2)22-13(23)7-8-29-14-9-11(3)20-10-21-14/h9-10H,5-8H2,1-4H3,(H,22,23).